The minimum Gasteiger partial charge on any atom is -0.352 e. The Morgan fingerprint density at radius 1 is 1.52 bits per heavy atom. The summed E-state index contributed by atoms with van der Waals surface area (Å²) in [6, 6.07) is 3.85. The minimum atomic E-state index is -0.366. The number of halogens is 1. The summed E-state index contributed by atoms with van der Waals surface area (Å²) in [4.78, 5) is 13.6. The van der Waals surface area contributed by atoms with Gasteiger partial charge in [0, 0.05) is 36.1 Å². The van der Waals surface area contributed by atoms with Crippen molar-refractivity contribution in [1.29, 1.82) is 0 Å². The molecule has 0 bridgehead atoms. The topological polar surface area (TPSA) is 59.0 Å². The zero-order valence-electron chi connectivity index (χ0n) is 12.4. The van der Waals surface area contributed by atoms with E-state index in [0.29, 0.717) is 0 Å². The summed E-state index contributed by atoms with van der Waals surface area (Å²) in [5.74, 6) is -0.0236. The number of carbonyl (C=O) groups is 1. The number of nitrogens with zero attached hydrogens (tertiary/aromatic N) is 2. The molecule has 5 nitrogen and oxygen atoms in total. The molecule has 2 heterocycles. The van der Waals surface area contributed by atoms with E-state index in [-0.39, 0.29) is 30.4 Å². The average molecular weight is 329 g/mol. The molecule has 2 unspecified atom stereocenters. The van der Waals surface area contributed by atoms with Crippen molar-refractivity contribution >= 4 is 29.7 Å². The minimum absolute atomic E-state index is 0. The van der Waals surface area contributed by atoms with Crippen molar-refractivity contribution in [2.45, 2.75) is 25.4 Å². The van der Waals surface area contributed by atoms with E-state index < -0.39 is 0 Å². The lowest BCUT2D eigenvalue weighted by molar-refractivity contribution is -0.123. The van der Waals surface area contributed by atoms with Gasteiger partial charge < -0.3 is 10.6 Å². The molecule has 2 N–H and O–H groups in total. The molecule has 0 saturated carbocycles. The summed E-state index contributed by atoms with van der Waals surface area (Å²) >= 11 is 1.71. The fraction of sp³-hybridized carbons (Fsp3) is 0.429. The first-order chi connectivity index (χ1) is 9.60. The van der Waals surface area contributed by atoms with E-state index >= 15 is 0 Å². The molecule has 0 aliphatic heterocycles. The number of nitrogens with one attached hydrogen (secondary N) is 2. The van der Waals surface area contributed by atoms with E-state index in [0.717, 1.165) is 12.0 Å². The molecule has 1 amide bonds. The van der Waals surface area contributed by atoms with E-state index in [1.807, 2.05) is 26.2 Å². The molecular formula is C14H21ClN4OS. The molecule has 0 fully saturated rings. The number of likely N-dealkylation sites (N-methyl/N-ethyl adjacent to an activating group) is 1. The van der Waals surface area contributed by atoms with Crippen LogP contribution in [0.25, 0.3) is 0 Å². The van der Waals surface area contributed by atoms with E-state index in [9.17, 15) is 4.79 Å². The SMILES string of the molecule is CNC(C(=O)NC(C)Cc1cccs1)c1cnn(C)c1.Cl. The Hall–Kier alpha value is -1.37. The second kappa shape index (κ2) is 8.17. The fourth-order valence-corrected chi connectivity index (χ4v) is 2.98. The highest BCUT2D eigenvalue weighted by molar-refractivity contribution is 7.09. The standard InChI is InChI=1S/C14H20N4OS.ClH/c1-10(7-12-5-4-6-20-12)17-14(19)13(15-2)11-8-16-18(3)9-11;/h4-6,8-10,13,15H,7H2,1-3H3,(H,17,19);1H. The predicted molar refractivity (Wildman–Crippen MR) is 87.9 cm³/mol. The fourth-order valence-electron chi connectivity index (χ4n) is 2.15. The number of rotatable bonds is 6. The molecule has 0 saturated heterocycles. The molecule has 0 aromatic carbocycles. The van der Waals surface area contributed by atoms with Gasteiger partial charge >= 0.3 is 0 Å². The molecule has 21 heavy (non-hydrogen) atoms. The van der Waals surface area contributed by atoms with Gasteiger partial charge in [-0.3, -0.25) is 9.48 Å². The summed E-state index contributed by atoms with van der Waals surface area (Å²) in [5, 5.41) is 12.2. The van der Waals surface area contributed by atoms with Crippen LogP contribution in [0, 0.1) is 0 Å². The highest BCUT2D eigenvalue weighted by Crippen LogP contribution is 2.14. The van der Waals surface area contributed by atoms with Gasteiger partial charge in [0.1, 0.15) is 6.04 Å². The highest BCUT2D eigenvalue weighted by Gasteiger charge is 2.21. The third-order valence-electron chi connectivity index (χ3n) is 3.09. The predicted octanol–water partition coefficient (Wildman–Crippen LogP) is 1.91. The van der Waals surface area contributed by atoms with Crippen LogP contribution < -0.4 is 10.6 Å². The molecule has 2 aromatic heterocycles. The van der Waals surface area contributed by atoms with Crippen molar-refractivity contribution < 1.29 is 4.79 Å². The van der Waals surface area contributed by atoms with Gasteiger partial charge in [0.25, 0.3) is 0 Å². The van der Waals surface area contributed by atoms with Crippen LogP contribution in [-0.4, -0.2) is 28.8 Å². The van der Waals surface area contributed by atoms with Crippen LogP contribution in [0.4, 0.5) is 0 Å². The molecule has 0 radical (unpaired) electrons. The van der Waals surface area contributed by atoms with Crippen LogP contribution in [0.1, 0.15) is 23.4 Å². The molecule has 2 rings (SSSR count). The van der Waals surface area contributed by atoms with Crippen LogP contribution in [0.5, 0.6) is 0 Å². The quantitative estimate of drug-likeness (QED) is 0.851. The smallest absolute Gasteiger partial charge is 0.242 e. The van der Waals surface area contributed by atoms with Crippen molar-refractivity contribution in [2.24, 2.45) is 7.05 Å². The van der Waals surface area contributed by atoms with Crippen molar-refractivity contribution in [3.8, 4) is 0 Å². The first-order valence-corrected chi connectivity index (χ1v) is 7.46. The zero-order valence-corrected chi connectivity index (χ0v) is 14.0. The average Bonchev–Trinajstić information content (AvgIpc) is 3.02. The zero-order chi connectivity index (χ0) is 14.5. The Morgan fingerprint density at radius 2 is 2.29 bits per heavy atom. The van der Waals surface area contributed by atoms with E-state index in [1.54, 1.807) is 29.3 Å². The summed E-state index contributed by atoms with van der Waals surface area (Å²) < 4.78 is 1.70. The Labute approximate surface area is 135 Å². The maximum Gasteiger partial charge on any atom is 0.242 e. The van der Waals surface area contributed by atoms with Crippen molar-refractivity contribution in [3.63, 3.8) is 0 Å². The summed E-state index contributed by atoms with van der Waals surface area (Å²) in [5.41, 5.74) is 0.871. The van der Waals surface area contributed by atoms with Gasteiger partial charge in [0.05, 0.1) is 6.20 Å². The molecular weight excluding hydrogens is 308 g/mol. The lowest BCUT2D eigenvalue weighted by atomic mass is 10.1. The summed E-state index contributed by atoms with van der Waals surface area (Å²) in [7, 11) is 3.62. The van der Waals surface area contributed by atoms with Crippen molar-refractivity contribution in [1.82, 2.24) is 20.4 Å². The third-order valence-corrected chi connectivity index (χ3v) is 3.98. The largest absolute Gasteiger partial charge is 0.352 e. The number of aryl methyl sites for hydroxylation is 1. The van der Waals surface area contributed by atoms with Crippen LogP contribution in [0.2, 0.25) is 0 Å². The first kappa shape index (κ1) is 17.7. The van der Waals surface area contributed by atoms with Gasteiger partial charge in [-0.25, -0.2) is 0 Å². The number of hydrogen-bond donors (Lipinski definition) is 2. The van der Waals surface area contributed by atoms with Gasteiger partial charge in [-0.2, -0.15) is 5.10 Å². The number of aromatic nitrogens is 2. The van der Waals surface area contributed by atoms with Crippen molar-refractivity contribution in [2.75, 3.05) is 7.05 Å². The maximum atomic E-state index is 12.3. The number of hydrogen-bond acceptors (Lipinski definition) is 4. The Morgan fingerprint density at radius 3 is 2.81 bits per heavy atom. The maximum absolute atomic E-state index is 12.3. The second-order valence-electron chi connectivity index (χ2n) is 4.86. The van der Waals surface area contributed by atoms with Gasteiger partial charge in [-0.05, 0) is 25.4 Å². The van der Waals surface area contributed by atoms with E-state index in [4.69, 9.17) is 0 Å². The molecule has 0 aliphatic rings. The van der Waals surface area contributed by atoms with Crippen LogP contribution in [0.3, 0.4) is 0 Å². The molecule has 0 aliphatic carbocycles. The van der Waals surface area contributed by atoms with Gasteiger partial charge in [0.2, 0.25) is 5.91 Å². The monoisotopic (exact) mass is 328 g/mol. The summed E-state index contributed by atoms with van der Waals surface area (Å²) in [6.07, 6.45) is 4.42. The summed E-state index contributed by atoms with van der Waals surface area (Å²) in [6.45, 7) is 2.02. The molecule has 7 heteroatoms. The number of carbonyl (C=O) groups excluding carboxylic acids is 1. The molecule has 116 valence electrons. The molecule has 2 atom stereocenters. The number of thiophene rings is 1. The second-order valence-corrected chi connectivity index (χ2v) is 5.89. The first-order valence-electron chi connectivity index (χ1n) is 6.58. The van der Waals surface area contributed by atoms with Gasteiger partial charge in [-0.1, -0.05) is 6.07 Å². The lowest BCUT2D eigenvalue weighted by Crippen LogP contribution is -2.41. The van der Waals surface area contributed by atoms with Crippen LogP contribution in [0.15, 0.2) is 29.9 Å². The van der Waals surface area contributed by atoms with Crippen LogP contribution in [-0.2, 0) is 18.3 Å². The van der Waals surface area contributed by atoms with Gasteiger partial charge in [-0.15, -0.1) is 23.7 Å². The Balaban J connectivity index is 0.00000220. The van der Waals surface area contributed by atoms with Crippen LogP contribution >= 0.6 is 23.7 Å². The third kappa shape index (κ3) is 4.84. The Bertz CT molecular complexity index is 555. The highest BCUT2D eigenvalue weighted by atomic mass is 35.5. The van der Waals surface area contributed by atoms with Crippen molar-refractivity contribution in [3.05, 3.63) is 40.3 Å². The Kier molecular flexibility index (Phi) is 6.87. The number of amides is 1. The lowest BCUT2D eigenvalue weighted by Gasteiger charge is -2.18. The molecule has 2 aromatic rings. The normalized spacial score (nSPS) is 13.3. The van der Waals surface area contributed by atoms with E-state index in [1.165, 1.54) is 4.88 Å². The molecule has 0 spiro atoms. The van der Waals surface area contributed by atoms with Gasteiger partial charge in [0.15, 0.2) is 0 Å². The van der Waals surface area contributed by atoms with E-state index in [2.05, 4.69) is 27.2 Å².